The van der Waals surface area contributed by atoms with Crippen molar-refractivity contribution in [2.45, 2.75) is 153 Å². The van der Waals surface area contributed by atoms with Gasteiger partial charge in [0.1, 0.15) is 24.2 Å². The summed E-state index contributed by atoms with van der Waals surface area (Å²) in [6, 6.07) is 12.8. The molecule has 1 saturated heterocycles. The molecule has 0 aliphatic carbocycles. The molecule has 0 bridgehead atoms. The van der Waals surface area contributed by atoms with Gasteiger partial charge in [0.05, 0.1) is 5.54 Å². The minimum Gasteiger partial charge on any atom is -0.481 e. The summed E-state index contributed by atoms with van der Waals surface area (Å²) in [5.74, 6) is -5.64. The normalized spacial score (nSPS) is 16.2. The van der Waals surface area contributed by atoms with Crippen LogP contribution >= 0.6 is 0 Å². The van der Waals surface area contributed by atoms with Crippen molar-refractivity contribution in [2.75, 3.05) is 65.4 Å². The number of rotatable bonds is 33. The Kier molecular flexibility index (Phi) is 31.4. The van der Waals surface area contributed by atoms with Gasteiger partial charge < -0.3 is 73.8 Å². The summed E-state index contributed by atoms with van der Waals surface area (Å²) in [6.45, 7) is 13.1. The number of carboxylic acid groups (broad SMARTS) is 3. The second kappa shape index (κ2) is 37.2. The largest absolute Gasteiger partial charge is 0.481 e. The average Bonchev–Trinajstić information content (AvgIpc) is 3.39. The molecule has 0 unspecified atom stereocenters. The van der Waals surface area contributed by atoms with Crippen LogP contribution in [-0.2, 0) is 51.2 Å². The molecule has 7 amide bonds. The second-order valence-corrected chi connectivity index (χ2v) is 21.4. The van der Waals surface area contributed by atoms with Gasteiger partial charge in [-0.15, -0.1) is 0 Å². The van der Waals surface area contributed by atoms with Gasteiger partial charge in [-0.2, -0.15) is 0 Å². The van der Waals surface area contributed by atoms with Crippen molar-refractivity contribution in [3.63, 3.8) is 0 Å². The molecule has 0 radical (unpaired) electrons. The summed E-state index contributed by atoms with van der Waals surface area (Å²) in [4.78, 5) is 113. The average molecular weight is 1110 g/mol. The lowest BCUT2D eigenvalue weighted by atomic mass is 9.93. The molecule has 2 aromatic carbocycles. The topological polar surface area (TPSA) is 347 Å². The van der Waals surface area contributed by atoms with E-state index in [0.717, 1.165) is 69.7 Å². The number of carbonyl (C=O) groups excluding carboxylic acids is 6. The van der Waals surface area contributed by atoms with Crippen LogP contribution < -0.4 is 58.5 Å². The van der Waals surface area contributed by atoms with Crippen LogP contribution in [0.25, 0.3) is 0 Å². The van der Waals surface area contributed by atoms with Gasteiger partial charge in [-0.25, -0.2) is 14.4 Å². The molecule has 14 N–H and O–H groups in total. The molecule has 23 nitrogen and oxygen atoms in total. The summed E-state index contributed by atoms with van der Waals surface area (Å²) in [5.41, 5.74) is 1.21. The lowest BCUT2D eigenvalue weighted by Crippen LogP contribution is -2.59. The zero-order valence-corrected chi connectivity index (χ0v) is 46.5. The van der Waals surface area contributed by atoms with Gasteiger partial charge in [-0.05, 0) is 68.4 Å². The summed E-state index contributed by atoms with van der Waals surface area (Å²) in [6.07, 6.45) is 4.64. The monoisotopic (exact) mass is 1110 g/mol. The Hall–Kier alpha value is -6.69. The molecule has 440 valence electrons. The molecule has 1 aliphatic heterocycles. The molecule has 23 heteroatoms. The van der Waals surface area contributed by atoms with Crippen molar-refractivity contribution < 1.29 is 58.5 Å². The fourth-order valence-electron chi connectivity index (χ4n) is 8.82. The molecule has 1 fully saturated rings. The lowest BCUT2D eigenvalue weighted by molar-refractivity contribution is -0.141. The number of unbranched alkanes of at least 4 members (excludes halogenated alkanes) is 5. The minimum atomic E-state index is -1.51. The van der Waals surface area contributed by atoms with E-state index in [4.69, 9.17) is 5.11 Å². The molecule has 0 spiro atoms. The van der Waals surface area contributed by atoms with Gasteiger partial charge >= 0.3 is 23.9 Å². The van der Waals surface area contributed by atoms with Crippen LogP contribution in [0.3, 0.4) is 0 Å². The quantitative estimate of drug-likeness (QED) is 0.0452. The number of carboxylic acids is 3. The van der Waals surface area contributed by atoms with Crippen LogP contribution in [0.1, 0.15) is 122 Å². The van der Waals surface area contributed by atoms with Crippen molar-refractivity contribution in [1.82, 2.24) is 58.5 Å². The predicted octanol–water partition coefficient (Wildman–Crippen LogP) is 1.70. The Morgan fingerprint density at radius 1 is 0.468 bits per heavy atom. The molecule has 1 aliphatic rings. The van der Waals surface area contributed by atoms with Crippen LogP contribution in [0, 0.1) is 5.41 Å². The van der Waals surface area contributed by atoms with E-state index in [1.165, 1.54) is 0 Å². The Morgan fingerprint density at radius 3 is 1.49 bits per heavy atom. The molecule has 3 rings (SSSR count). The van der Waals surface area contributed by atoms with E-state index >= 15 is 0 Å². The number of aliphatic carboxylic acids is 3. The van der Waals surface area contributed by atoms with Crippen molar-refractivity contribution in [3.8, 4) is 0 Å². The highest BCUT2D eigenvalue weighted by molar-refractivity contribution is 5.92. The zero-order valence-electron chi connectivity index (χ0n) is 46.5. The standard InChI is InChI=1S/C56H89N11O12/c1-55(2)36-57-30-32-59-38-56(3,39-60-33-31-58-37-55)67-48(70)25-17-24-47(69)63-45(35-41-20-11-8-12-21-41)51(74)64-44(34-40-18-9-7-10-19-40)50(73)62-29-15-6-4-5-13-23-46(68)61-28-16-14-22-42(52(75)76)65-54(79)66-43(53(77)78)26-27-49(71)72/h7-12,18-21,42-45,57-60H,4-6,13-17,22-39H2,1-3H3,(H,61,68)(H,62,73)(H,63,69)(H,64,74)(H,67,70)(H,71,72)(H,75,76)(H,77,78)(H2,65,66,79)/t42-,43-,44+,45+/m0/s1. The summed E-state index contributed by atoms with van der Waals surface area (Å²) >= 11 is 0. The third-order valence-corrected chi connectivity index (χ3v) is 13.3. The second-order valence-electron chi connectivity index (χ2n) is 21.4. The van der Waals surface area contributed by atoms with Crippen molar-refractivity contribution in [1.29, 1.82) is 0 Å². The number of urea groups is 1. The molecule has 1 heterocycles. The summed E-state index contributed by atoms with van der Waals surface area (Å²) < 4.78 is 0. The Bertz CT molecular complexity index is 2190. The van der Waals surface area contributed by atoms with E-state index in [9.17, 15) is 53.4 Å². The van der Waals surface area contributed by atoms with E-state index in [0.29, 0.717) is 51.7 Å². The first kappa shape index (κ1) is 66.6. The van der Waals surface area contributed by atoms with Crippen molar-refractivity contribution >= 4 is 53.5 Å². The molecular weight excluding hydrogens is 1020 g/mol. The third-order valence-electron chi connectivity index (χ3n) is 13.3. The fraction of sp³-hybridized carbons (Fsp3) is 0.625. The number of benzene rings is 2. The SMILES string of the molecule is CC1(C)CNCCNCC(C)(NC(=O)CCCC(=O)N[C@H](Cc2ccccc2)C(=O)N[C@H](Cc2ccccc2)C(=O)NCCCCCCCC(=O)NCCCC[C@H](NC(=O)N[C@@H](CCC(=O)O)C(=O)O)C(=O)O)CNCCNC1. The van der Waals surface area contributed by atoms with Crippen LogP contribution in [0.15, 0.2) is 60.7 Å². The number of amides is 7. The smallest absolute Gasteiger partial charge is 0.326 e. The maximum atomic E-state index is 14.1. The highest BCUT2D eigenvalue weighted by atomic mass is 16.4. The number of hydrogen-bond acceptors (Lipinski definition) is 13. The third kappa shape index (κ3) is 30.3. The number of nitrogens with one attached hydrogen (secondary N) is 11. The van der Waals surface area contributed by atoms with Crippen LogP contribution in [0.4, 0.5) is 4.79 Å². The fourth-order valence-corrected chi connectivity index (χ4v) is 8.82. The van der Waals surface area contributed by atoms with Crippen LogP contribution in [0.2, 0.25) is 0 Å². The van der Waals surface area contributed by atoms with E-state index in [1.54, 1.807) is 0 Å². The van der Waals surface area contributed by atoms with Gasteiger partial charge in [0.25, 0.3) is 0 Å². The maximum Gasteiger partial charge on any atom is 0.326 e. The molecule has 4 atom stereocenters. The number of carbonyl (C=O) groups is 9. The van der Waals surface area contributed by atoms with Gasteiger partial charge in [0.15, 0.2) is 0 Å². The Labute approximate surface area is 464 Å². The first-order valence-electron chi connectivity index (χ1n) is 27.8. The number of hydrogen-bond donors (Lipinski definition) is 14. The van der Waals surface area contributed by atoms with Crippen LogP contribution in [0.5, 0.6) is 0 Å². The Morgan fingerprint density at radius 2 is 0.937 bits per heavy atom. The first-order valence-corrected chi connectivity index (χ1v) is 27.8. The molecule has 2 aromatic rings. The van der Waals surface area contributed by atoms with Gasteiger partial charge in [-0.1, -0.05) is 93.8 Å². The zero-order chi connectivity index (χ0) is 57.9. The van der Waals surface area contributed by atoms with E-state index in [2.05, 4.69) is 72.3 Å². The Balaban J connectivity index is 1.43. The molecule has 0 aromatic heterocycles. The van der Waals surface area contributed by atoms with E-state index < -0.39 is 71.9 Å². The summed E-state index contributed by atoms with van der Waals surface area (Å²) in [7, 11) is 0. The van der Waals surface area contributed by atoms with E-state index in [-0.39, 0.29) is 74.6 Å². The minimum absolute atomic E-state index is 0.0135. The van der Waals surface area contributed by atoms with Crippen molar-refractivity contribution in [3.05, 3.63) is 71.8 Å². The highest BCUT2D eigenvalue weighted by Gasteiger charge is 2.30. The predicted molar refractivity (Wildman–Crippen MR) is 299 cm³/mol. The first-order chi connectivity index (χ1) is 37.7. The van der Waals surface area contributed by atoms with Crippen LogP contribution in [-0.4, -0.2) is 164 Å². The lowest BCUT2D eigenvalue weighted by Gasteiger charge is -2.33. The molecule has 0 saturated carbocycles. The van der Waals surface area contributed by atoms with Gasteiger partial charge in [0.2, 0.25) is 29.5 Å². The van der Waals surface area contributed by atoms with Crippen molar-refractivity contribution in [2.24, 2.45) is 5.41 Å². The van der Waals surface area contributed by atoms with E-state index in [1.807, 2.05) is 67.6 Å². The highest BCUT2D eigenvalue weighted by Crippen LogP contribution is 2.13. The summed E-state index contributed by atoms with van der Waals surface area (Å²) in [5, 5.41) is 60.5. The molecule has 79 heavy (non-hydrogen) atoms. The van der Waals surface area contributed by atoms with Gasteiger partial charge in [-0.3, -0.25) is 28.8 Å². The maximum absolute atomic E-state index is 14.1. The molecular formula is C56H89N11O12. The van der Waals surface area contributed by atoms with Gasteiger partial charge in [0, 0.05) is 104 Å².